The summed E-state index contributed by atoms with van der Waals surface area (Å²) in [6, 6.07) is 0. The number of nitrogens with two attached hydrogens (primary N) is 1. The summed E-state index contributed by atoms with van der Waals surface area (Å²) in [5, 5.41) is 0. The molecule has 0 saturated carbocycles. The monoisotopic (exact) mass is 551 g/mol. The summed E-state index contributed by atoms with van der Waals surface area (Å²) in [7, 11) is -4.34. The zero-order valence-corrected chi connectivity index (χ0v) is 24.4. The highest BCUT2D eigenvalue weighted by Crippen LogP contribution is 2.43. The fourth-order valence-electron chi connectivity index (χ4n) is 3.81. The first-order valence-electron chi connectivity index (χ1n) is 14.5. The van der Waals surface area contributed by atoms with E-state index in [0.717, 1.165) is 38.5 Å². The van der Waals surface area contributed by atoms with E-state index in [-0.39, 0.29) is 32.6 Å². The molecule has 0 amide bonds. The Bertz CT molecular complexity index is 605. The van der Waals surface area contributed by atoms with Gasteiger partial charge in [-0.25, -0.2) is 4.57 Å². The number of hydrogen-bond donors (Lipinski definition) is 2. The molecule has 2 atom stereocenters. The predicted octanol–water partition coefficient (Wildman–Crippen LogP) is 6.60. The fourth-order valence-corrected chi connectivity index (χ4v) is 4.57. The Morgan fingerprint density at radius 3 is 1.65 bits per heavy atom. The quantitative estimate of drug-likeness (QED) is 0.0658. The van der Waals surface area contributed by atoms with E-state index in [1.54, 1.807) is 0 Å². The first-order chi connectivity index (χ1) is 17.8. The summed E-state index contributed by atoms with van der Waals surface area (Å²) >= 11 is 0. The second kappa shape index (κ2) is 25.3. The number of esters is 2. The number of ether oxygens (including phenoxy) is 2. The molecular weight excluding hydrogens is 497 g/mol. The minimum atomic E-state index is -4.34. The molecule has 0 aromatic rings. The number of hydrogen-bond acceptors (Lipinski definition) is 8. The minimum Gasteiger partial charge on any atom is -0.462 e. The van der Waals surface area contributed by atoms with E-state index in [0.29, 0.717) is 6.42 Å². The molecule has 0 fully saturated rings. The van der Waals surface area contributed by atoms with Crippen LogP contribution in [0.3, 0.4) is 0 Å². The number of phosphoric acid groups is 1. The van der Waals surface area contributed by atoms with Crippen molar-refractivity contribution in [1.29, 1.82) is 0 Å². The maximum absolute atomic E-state index is 12.3. The lowest BCUT2D eigenvalue weighted by atomic mass is 10.1. The van der Waals surface area contributed by atoms with Crippen LogP contribution in [-0.2, 0) is 32.7 Å². The number of phosphoric ester groups is 1. The smallest absolute Gasteiger partial charge is 0.462 e. The van der Waals surface area contributed by atoms with Crippen LogP contribution in [0.25, 0.3) is 0 Å². The van der Waals surface area contributed by atoms with E-state index in [2.05, 4.69) is 13.8 Å². The van der Waals surface area contributed by atoms with Crippen LogP contribution in [0.2, 0.25) is 0 Å². The van der Waals surface area contributed by atoms with E-state index in [1.807, 2.05) is 0 Å². The Balaban J connectivity index is 4.35. The standard InChI is InChI=1S/C27H54NO8P/c1-3-5-7-9-11-12-13-14-16-18-20-27(30)36-25(24-35-37(31,32)34-22-21-28)23-33-26(29)19-17-15-10-8-6-4-2/h25H,3-24,28H2,1-2H3,(H,31,32)/t25-/m1/s1. The molecule has 1 unspecified atom stereocenters. The first kappa shape index (κ1) is 36.0. The molecule has 0 radical (unpaired) electrons. The molecule has 0 rings (SSSR count). The molecular formula is C27H54NO8P. The van der Waals surface area contributed by atoms with Gasteiger partial charge in [0, 0.05) is 19.4 Å². The van der Waals surface area contributed by atoms with E-state index >= 15 is 0 Å². The first-order valence-corrected chi connectivity index (χ1v) is 16.0. The van der Waals surface area contributed by atoms with Crippen molar-refractivity contribution in [2.75, 3.05) is 26.4 Å². The average molecular weight is 552 g/mol. The molecule has 9 nitrogen and oxygen atoms in total. The molecule has 0 aliphatic carbocycles. The van der Waals surface area contributed by atoms with Crippen molar-refractivity contribution < 1.29 is 37.6 Å². The second-order valence-electron chi connectivity index (χ2n) is 9.63. The number of carbonyl (C=O) groups excluding carboxylic acids is 2. The summed E-state index contributed by atoms with van der Waals surface area (Å²) < 4.78 is 32.2. The molecule has 0 saturated heterocycles. The van der Waals surface area contributed by atoms with Gasteiger partial charge in [-0.3, -0.25) is 18.6 Å². The molecule has 0 heterocycles. The summed E-state index contributed by atoms with van der Waals surface area (Å²) in [5.74, 6) is -0.839. The highest BCUT2D eigenvalue weighted by Gasteiger charge is 2.25. The number of carbonyl (C=O) groups is 2. The molecule has 10 heteroatoms. The van der Waals surface area contributed by atoms with Gasteiger partial charge in [-0.05, 0) is 12.8 Å². The van der Waals surface area contributed by atoms with Crippen LogP contribution < -0.4 is 5.73 Å². The lowest BCUT2D eigenvalue weighted by molar-refractivity contribution is -0.161. The summed E-state index contributed by atoms with van der Waals surface area (Å²) in [4.78, 5) is 34.1. The van der Waals surface area contributed by atoms with Gasteiger partial charge in [0.2, 0.25) is 0 Å². The van der Waals surface area contributed by atoms with Crippen molar-refractivity contribution in [2.45, 2.75) is 136 Å². The predicted molar refractivity (Wildman–Crippen MR) is 146 cm³/mol. The fraction of sp³-hybridized carbons (Fsp3) is 0.926. The highest BCUT2D eigenvalue weighted by molar-refractivity contribution is 7.47. The van der Waals surface area contributed by atoms with Gasteiger partial charge in [0.1, 0.15) is 6.61 Å². The van der Waals surface area contributed by atoms with E-state index in [9.17, 15) is 19.0 Å². The third kappa shape index (κ3) is 25.1. The van der Waals surface area contributed by atoms with Gasteiger partial charge in [0.25, 0.3) is 0 Å². The van der Waals surface area contributed by atoms with Crippen molar-refractivity contribution in [1.82, 2.24) is 0 Å². The molecule has 37 heavy (non-hydrogen) atoms. The lowest BCUT2D eigenvalue weighted by Crippen LogP contribution is -2.29. The third-order valence-corrected chi connectivity index (χ3v) is 6.98. The Labute approximate surface area is 225 Å². The molecule has 0 spiro atoms. The molecule has 0 aliphatic heterocycles. The van der Waals surface area contributed by atoms with E-state index in [4.69, 9.17) is 24.3 Å². The topological polar surface area (TPSA) is 134 Å². The molecule has 0 bridgehead atoms. The maximum Gasteiger partial charge on any atom is 0.472 e. The van der Waals surface area contributed by atoms with E-state index in [1.165, 1.54) is 57.8 Å². The van der Waals surface area contributed by atoms with Crippen LogP contribution in [-0.4, -0.2) is 49.3 Å². The van der Waals surface area contributed by atoms with Crippen LogP contribution in [0.4, 0.5) is 0 Å². The zero-order chi connectivity index (χ0) is 27.6. The molecule has 0 aromatic carbocycles. The Morgan fingerprint density at radius 1 is 0.703 bits per heavy atom. The van der Waals surface area contributed by atoms with Gasteiger partial charge in [-0.2, -0.15) is 0 Å². The highest BCUT2D eigenvalue weighted by atomic mass is 31.2. The number of rotatable bonds is 27. The van der Waals surface area contributed by atoms with Crippen molar-refractivity contribution in [2.24, 2.45) is 5.73 Å². The SMILES string of the molecule is CCCCCCCCCCCCC(=O)O[C@H](COC(=O)CCCCCCCC)COP(=O)(O)OCCN. The molecule has 0 aliphatic rings. The van der Waals surface area contributed by atoms with Gasteiger partial charge in [-0.1, -0.05) is 104 Å². The van der Waals surface area contributed by atoms with Crippen LogP contribution in [0.1, 0.15) is 129 Å². The molecule has 3 N–H and O–H groups in total. The van der Waals surface area contributed by atoms with Gasteiger partial charge >= 0.3 is 19.8 Å². The largest absolute Gasteiger partial charge is 0.472 e. The summed E-state index contributed by atoms with van der Waals surface area (Å²) in [6.45, 7) is 3.61. The second-order valence-corrected chi connectivity index (χ2v) is 11.1. The lowest BCUT2D eigenvalue weighted by Gasteiger charge is -2.19. The minimum absolute atomic E-state index is 0.0568. The van der Waals surface area contributed by atoms with Crippen LogP contribution in [0.15, 0.2) is 0 Å². The Hall–Kier alpha value is -0.990. The third-order valence-electron chi connectivity index (χ3n) is 5.99. The van der Waals surface area contributed by atoms with Gasteiger partial charge < -0.3 is 20.1 Å². The van der Waals surface area contributed by atoms with Crippen molar-refractivity contribution in [3.8, 4) is 0 Å². The molecule has 220 valence electrons. The normalized spacial score (nSPS) is 13.7. The van der Waals surface area contributed by atoms with Gasteiger partial charge in [-0.15, -0.1) is 0 Å². The molecule has 0 aromatic heterocycles. The van der Waals surface area contributed by atoms with E-state index < -0.39 is 32.5 Å². The van der Waals surface area contributed by atoms with Crippen molar-refractivity contribution in [3.63, 3.8) is 0 Å². The Kier molecular flexibility index (Phi) is 24.6. The Morgan fingerprint density at radius 2 is 1.16 bits per heavy atom. The van der Waals surface area contributed by atoms with Crippen LogP contribution in [0.5, 0.6) is 0 Å². The number of unbranched alkanes of at least 4 members (excludes halogenated alkanes) is 14. The summed E-state index contributed by atoms with van der Waals surface area (Å²) in [6.07, 6.45) is 17.4. The van der Waals surface area contributed by atoms with Crippen LogP contribution in [0, 0.1) is 0 Å². The van der Waals surface area contributed by atoms with Gasteiger partial charge in [0.15, 0.2) is 6.10 Å². The average Bonchev–Trinajstić information content (AvgIpc) is 2.87. The zero-order valence-electron chi connectivity index (χ0n) is 23.5. The van der Waals surface area contributed by atoms with Crippen molar-refractivity contribution in [3.05, 3.63) is 0 Å². The maximum atomic E-state index is 12.3. The van der Waals surface area contributed by atoms with Gasteiger partial charge in [0.05, 0.1) is 13.2 Å². The summed E-state index contributed by atoms with van der Waals surface area (Å²) in [5.41, 5.74) is 5.28. The van der Waals surface area contributed by atoms with Crippen LogP contribution >= 0.6 is 7.82 Å². The van der Waals surface area contributed by atoms with Crippen molar-refractivity contribution >= 4 is 19.8 Å².